The van der Waals surface area contributed by atoms with Crippen LogP contribution in [0.25, 0.3) is 10.8 Å². The molecule has 2 unspecified atom stereocenters. The van der Waals surface area contributed by atoms with Crippen molar-refractivity contribution in [3.05, 3.63) is 48.0 Å². The summed E-state index contributed by atoms with van der Waals surface area (Å²) in [6, 6.07) is 14.4. The van der Waals surface area contributed by atoms with E-state index in [4.69, 9.17) is 0 Å². The summed E-state index contributed by atoms with van der Waals surface area (Å²) in [4.78, 5) is 12.8. The average Bonchev–Trinajstić information content (AvgIpc) is 2.84. The molecule has 0 radical (unpaired) electrons. The molecule has 2 bridgehead atoms. The lowest BCUT2D eigenvalue weighted by atomic mass is 9.89. The number of carbonyl (C=O) groups is 1. The van der Waals surface area contributed by atoms with Gasteiger partial charge in [-0.1, -0.05) is 36.4 Å². The molecule has 0 amide bonds. The minimum atomic E-state index is 0.259. The second-order valence-electron chi connectivity index (χ2n) is 6.05. The van der Waals surface area contributed by atoms with Gasteiger partial charge in [0.25, 0.3) is 0 Å². The van der Waals surface area contributed by atoms with E-state index in [2.05, 4.69) is 36.0 Å². The number of hydrogen-bond donors (Lipinski definition) is 0. The standard InChI is InChI=1S/C18H18OS/c19-18(15-10-16-7-8-17(11-15)20-16)14-6-5-12-3-1-2-4-13(12)9-14/h1-6,9,15-17H,7-8,10-11H2. The molecule has 2 aromatic rings. The fourth-order valence-electron chi connectivity index (χ4n) is 3.65. The Morgan fingerprint density at radius 1 is 0.950 bits per heavy atom. The van der Waals surface area contributed by atoms with E-state index in [1.54, 1.807) is 0 Å². The highest BCUT2D eigenvalue weighted by Crippen LogP contribution is 2.46. The first kappa shape index (κ1) is 12.5. The Balaban J connectivity index is 1.63. The molecule has 2 saturated heterocycles. The van der Waals surface area contributed by atoms with E-state index < -0.39 is 0 Å². The van der Waals surface area contributed by atoms with Gasteiger partial charge in [0.1, 0.15) is 0 Å². The van der Waals surface area contributed by atoms with E-state index in [0.29, 0.717) is 5.78 Å². The van der Waals surface area contributed by atoms with Gasteiger partial charge in [0.2, 0.25) is 0 Å². The molecule has 0 aromatic heterocycles. The highest BCUT2D eigenvalue weighted by atomic mass is 32.2. The van der Waals surface area contributed by atoms with Crippen LogP contribution in [-0.2, 0) is 0 Å². The van der Waals surface area contributed by atoms with Crippen LogP contribution in [0.1, 0.15) is 36.0 Å². The fraction of sp³-hybridized carbons (Fsp3) is 0.389. The third-order valence-corrected chi connectivity index (χ3v) is 6.32. The monoisotopic (exact) mass is 282 g/mol. The average molecular weight is 282 g/mol. The van der Waals surface area contributed by atoms with E-state index in [-0.39, 0.29) is 5.92 Å². The number of carbonyl (C=O) groups excluding carboxylic acids is 1. The summed E-state index contributed by atoms with van der Waals surface area (Å²) in [5.41, 5.74) is 0.903. The lowest BCUT2D eigenvalue weighted by Gasteiger charge is -2.26. The molecule has 0 spiro atoms. The summed E-state index contributed by atoms with van der Waals surface area (Å²) in [5.74, 6) is 0.628. The lowest BCUT2D eigenvalue weighted by molar-refractivity contribution is 0.0907. The molecule has 2 aromatic carbocycles. The minimum Gasteiger partial charge on any atom is -0.294 e. The van der Waals surface area contributed by atoms with Crippen molar-refractivity contribution in [2.75, 3.05) is 0 Å². The zero-order valence-electron chi connectivity index (χ0n) is 11.4. The second kappa shape index (κ2) is 4.92. The SMILES string of the molecule is O=C(c1ccc2ccccc2c1)C1CC2CCC(C1)S2. The van der Waals surface area contributed by atoms with Crippen LogP contribution in [-0.4, -0.2) is 16.3 Å². The first-order valence-electron chi connectivity index (χ1n) is 7.48. The summed E-state index contributed by atoms with van der Waals surface area (Å²) < 4.78 is 0. The predicted molar refractivity (Wildman–Crippen MR) is 85.4 cm³/mol. The maximum atomic E-state index is 12.8. The van der Waals surface area contributed by atoms with E-state index in [9.17, 15) is 4.79 Å². The maximum Gasteiger partial charge on any atom is 0.166 e. The van der Waals surface area contributed by atoms with Crippen LogP contribution in [0.4, 0.5) is 0 Å². The highest BCUT2D eigenvalue weighted by Gasteiger charge is 2.37. The molecule has 0 saturated carbocycles. The Morgan fingerprint density at radius 2 is 1.65 bits per heavy atom. The van der Waals surface area contributed by atoms with Gasteiger partial charge >= 0.3 is 0 Å². The summed E-state index contributed by atoms with van der Waals surface area (Å²) in [5, 5.41) is 3.86. The van der Waals surface area contributed by atoms with Crippen LogP contribution in [0, 0.1) is 5.92 Å². The van der Waals surface area contributed by atoms with E-state index >= 15 is 0 Å². The van der Waals surface area contributed by atoms with Gasteiger partial charge in [-0.2, -0.15) is 11.8 Å². The van der Waals surface area contributed by atoms with Gasteiger partial charge in [-0.15, -0.1) is 0 Å². The van der Waals surface area contributed by atoms with E-state index in [0.717, 1.165) is 28.9 Å². The van der Waals surface area contributed by atoms with Gasteiger partial charge in [0.05, 0.1) is 0 Å². The first-order valence-corrected chi connectivity index (χ1v) is 8.42. The van der Waals surface area contributed by atoms with Crippen LogP contribution in [0.3, 0.4) is 0 Å². The van der Waals surface area contributed by atoms with Crippen LogP contribution in [0.15, 0.2) is 42.5 Å². The second-order valence-corrected chi connectivity index (χ2v) is 7.66. The highest BCUT2D eigenvalue weighted by molar-refractivity contribution is 8.00. The molecule has 0 aliphatic carbocycles. The van der Waals surface area contributed by atoms with Crippen LogP contribution in [0.2, 0.25) is 0 Å². The van der Waals surface area contributed by atoms with Gasteiger partial charge in [0.15, 0.2) is 5.78 Å². The molecule has 4 rings (SSSR count). The molecule has 2 heterocycles. The molecule has 2 aliphatic heterocycles. The predicted octanol–water partition coefficient (Wildman–Crippen LogP) is 4.70. The summed E-state index contributed by atoms with van der Waals surface area (Å²) in [7, 11) is 0. The third-order valence-electron chi connectivity index (χ3n) is 4.70. The Kier molecular flexibility index (Phi) is 3.07. The lowest BCUT2D eigenvalue weighted by Crippen LogP contribution is -2.24. The number of thioether (sulfide) groups is 1. The molecule has 2 atom stereocenters. The molecule has 2 aliphatic rings. The Morgan fingerprint density at radius 3 is 2.40 bits per heavy atom. The number of rotatable bonds is 2. The van der Waals surface area contributed by atoms with Crippen molar-refractivity contribution in [1.29, 1.82) is 0 Å². The van der Waals surface area contributed by atoms with Gasteiger partial charge < -0.3 is 0 Å². The van der Waals surface area contributed by atoms with Crippen molar-refractivity contribution in [2.45, 2.75) is 36.2 Å². The number of fused-ring (bicyclic) bond motifs is 3. The quantitative estimate of drug-likeness (QED) is 0.743. The molecular weight excluding hydrogens is 264 g/mol. The zero-order chi connectivity index (χ0) is 13.5. The molecule has 0 N–H and O–H groups in total. The topological polar surface area (TPSA) is 17.1 Å². The van der Waals surface area contributed by atoms with Crippen molar-refractivity contribution in [3.63, 3.8) is 0 Å². The fourth-order valence-corrected chi connectivity index (χ4v) is 5.43. The Hall–Kier alpha value is -1.28. The van der Waals surface area contributed by atoms with Crippen LogP contribution >= 0.6 is 11.8 Å². The van der Waals surface area contributed by atoms with Crippen molar-refractivity contribution < 1.29 is 4.79 Å². The number of benzene rings is 2. The van der Waals surface area contributed by atoms with Crippen molar-refractivity contribution >= 4 is 28.3 Å². The van der Waals surface area contributed by atoms with Gasteiger partial charge in [-0.3, -0.25) is 4.79 Å². The van der Waals surface area contributed by atoms with Crippen molar-refractivity contribution in [2.24, 2.45) is 5.92 Å². The molecule has 20 heavy (non-hydrogen) atoms. The number of ketones is 1. The summed E-state index contributed by atoms with van der Waals surface area (Å²) in [6.45, 7) is 0. The minimum absolute atomic E-state index is 0.259. The Labute approximate surface area is 123 Å². The summed E-state index contributed by atoms with van der Waals surface area (Å²) >= 11 is 2.12. The maximum absolute atomic E-state index is 12.8. The zero-order valence-corrected chi connectivity index (χ0v) is 12.2. The molecule has 102 valence electrons. The summed E-state index contributed by atoms with van der Waals surface area (Å²) in [6.07, 6.45) is 4.81. The smallest absolute Gasteiger partial charge is 0.166 e. The van der Waals surface area contributed by atoms with E-state index in [1.807, 2.05) is 18.2 Å². The van der Waals surface area contributed by atoms with Crippen LogP contribution < -0.4 is 0 Å². The number of hydrogen-bond acceptors (Lipinski definition) is 2. The van der Waals surface area contributed by atoms with Crippen molar-refractivity contribution in [1.82, 2.24) is 0 Å². The van der Waals surface area contributed by atoms with E-state index in [1.165, 1.54) is 23.6 Å². The Bertz CT molecular complexity index is 651. The first-order chi connectivity index (χ1) is 9.79. The van der Waals surface area contributed by atoms with Crippen LogP contribution in [0.5, 0.6) is 0 Å². The number of Topliss-reactive ketones (excluding diaryl/α,β-unsaturated/α-hetero) is 1. The normalized spacial score (nSPS) is 28.7. The van der Waals surface area contributed by atoms with Crippen molar-refractivity contribution in [3.8, 4) is 0 Å². The van der Waals surface area contributed by atoms with Gasteiger partial charge in [-0.05, 0) is 42.5 Å². The molecule has 1 nitrogen and oxygen atoms in total. The molecule has 2 heteroatoms. The largest absolute Gasteiger partial charge is 0.294 e. The third kappa shape index (κ3) is 2.16. The van der Waals surface area contributed by atoms with Gasteiger partial charge in [-0.25, -0.2) is 0 Å². The van der Waals surface area contributed by atoms with Gasteiger partial charge in [0, 0.05) is 22.0 Å². The molecular formula is C18H18OS. The molecule has 2 fully saturated rings.